The Bertz CT molecular complexity index is 218. The minimum atomic E-state index is 0.686. The Kier molecular flexibility index (Phi) is 2.44. The highest BCUT2D eigenvalue weighted by atomic mass is 14.6. The van der Waals surface area contributed by atoms with Crippen molar-refractivity contribution >= 4 is 0 Å². The van der Waals surface area contributed by atoms with Gasteiger partial charge in [-0.25, -0.2) is 0 Å². The molecule has 3 aliphatic carbocycles. The van der Waals surface area contributed by atoms with Gasteiger partial charge in [-0.15, -0.1) is 0 Å². The van der Waals surface area contributed by atoms with Crippen molar-refractivity contribution in [2.24, 2.45) is 35.0 Å². The van der Waals surface area contributed by atoms with Crippen molar-refractivity contribution in [3.8, 4) is 0 Å². The first-order chi connectivity index (χ1) is 6.51. The Morgan fingerprint density at radius 3 is 2.36 bits per heavy atom. The number of hydrogen-bond donors (Lipinski definition) is 0. The van der Waals surface area contributed by atoms with Crippen LogP contribution < -0.4 is 0 Å². The zero-order valence-electron chi connectivity index (χ0n) is 10.5. The van der Waals surface area contributed by atoms with Crippen LogP contribution in [0.5, 0.6) is 0 Å². The quantitative estimate of drug-likeness (QED) is 0.613. The van der Waals surface area contributed by atoms with E-state index >= 15 is 0 Å². The molecule has 0 saturated heterocycles. The molecule has 0 aromatic carbocycles. The van der Waals surface area contributed by atoms with Crippen LogP contribution in [-0.2, 0) is 0 Å². The smallest absolute Gasteiger partial charge is 0.0243 e. The summed E-state index contributed by atoms with van der Waals surface area (Å²) >= 11 is 0. The summed E-state index contributed by atoms with van der Waals surface area (Å²) in [6, 6.07) is 0. The summed E-state index contributed by atoms with van der Waals surface area (Å²) < 4.78 is 0. The minimum Gasteiger partial charge on any atom is -0.0651 e. The van der Waals surface area contributed by atoms with Gasteiger partial charge in [-0.2, -0.15) is 0 Å². The maximum Gasteiger partial charge on any atom is -0.0243 e. The van der Waals surface area contributed by atoms with Crippen LogP contribution in [0.4, 0.5) is 0 Å². The predicted molar refractivity (Wildman–Crippen MR) is 62.1 cm³/mol. The van der Waals surface area contributed by atoms with Crippen LogP contribution >= 0.6 is 0 Å². The maximum atomic E-state index is 2.55. The molecule has 0 amide bonds. The molecule has 0 nitrogen and oxygen atoms in total. The minimum absolute atomic E-state index is 0.686. The van der Waals surface area contributed by atoms with E-state index in [2.05, 4.69) is 34.6 Å². The third-order valence-corrected chi connectivity index (χ3v) is 5.95. The highest BCUT2D eigenvalue weighted by Gasteiger charge is 2.59. The topological polar surface area (TPSA) is 0 Å². The van der Waals surface area contributed by atoms with E-state index in [4.69, 9.17) is 0 Å². The first-order valence-electron chi connectivity index (χ1n) is 6.51. The summed E-state index contributed by atoms with van der Waals surface area (Å²) in [7, 11) is 0. The van der Waals surface area contributed by atoms with Crippen molar-refractivity contribution in [3.63, 3.8) is 0 Å². The zero-order chi connectivity index (χ0) is 10.5. The van der Waals surface area contributed by atoms with Gasteiger partial charge in [-0.1, -0.05) is 41.0 Å². The molecule has 3 fully saturated rings. The van der Waals surface area contributed by atoms with E-state index in [-0.39, 0.29) is 0 Å². The largest absolute Gasteiger partial charge is 0.0651 e. The summed E-state index contributed by atoms with van der Waals surface area (Å²) in [6.07, 6.45) is 4.46. The van der Waals surface area contributed by atoms with Crippen LogP contribution in [0.15, 0.2) is 0 Å². The van der Waals surface area contributed by atoms with Gasteiger partial charge >= 0.3 is 0 Å². The van der Waals surface area contributed by atoms with Gasteiger partial charge in [-0.05, 0) is 47.8 Å². The lowest BCUT2D eigenvalue weighted by atomic mass is 9.40. The molecule has 3 rings (SSSR count). The Morgan fingerprint density at radius 2 is 1.93 bits per heavy atom. The van der Waals surface area contributed by atoms with Crippen LogP contribution in [0.3, 0.4) is 0 Å². The molecule has 3 unspecified atom stereocenters. The Hall–Kier alpha value is 0. The van der Waals surface area contributed by atoms with Crippen molar-refractivity contribution < 1.29 is 0 Å². The fourth-order valence-electron chi connectivity index (χ4n) is 4.43. The van der Waals surface area contributed by atoms with E-state index in [0.717, 1.165) is 29.6 Å². The average Bonchev–Trinajstić information content (AvgIpc) is 2.15. The normalized spacial score (nSPS) is 51.9. The van der Waals surface area contributed by atoms with Crippen molar-refractivity contribution in [2.45, 2.75) is 53.9 Å². The molecular weight excluding hydrogens is 168 g/mol. The molecule has 0 spiro atoms. The van der Waals surface area contributed by atoms with Gasteiger partial charge < -0.3 is 0 Å². The summed E-state index contributed by atoms with van der Waals surface area (Å²) in [5, 5.41) is 0. The molecule has 82 valence electrons. The van der Waals surface area contributed by atoms with Crippen LogP contribution in [0.2, 0.25) is 0 Å². The maximum absolute atomic E-state index is 2.55. The van der Waals surface area contributed by atoms with Crippen LogP contribution in [0.1, 0.15) is 53.9 Å². The van der Waals surface area contributed by atoms with E-state index in [1.165, 1.54) is 19.3 Å². The van der Waals surface area contributed by atoms with Crippen LogP contribution in [0.25, 0.3) is 0 Å². The molecule has 5 atom stereocenters. The second-order valence-electron chi connectivity index (χ2n) is 6.32. The number of rotatable bonds is 2. The molecule has 0 radical (unpaired) electrons. The Balaban J connectivity index is 2.16. The molecule has 14 heavy (non-hydrogen) atoms. The summed E-state index contributed by atoms with van der Waals surface area (Å²) in [5.41, 5.74) is 0.686. The van der Waals surface area contributed by atoms with Crippen molar-refractivity contribution in [1.29, 1.82) is 0 Å². The third-order valence-electron chi connectivity index (χ3n) is 5.95. The molecule has 2 bridgehead atoms. The first kappa shape index (κ1) is 10.5. The van der Waals surface area contributed by atoms with Gasteiger partial charge in [0.05, 0.1) is 0 Å². The fraction of sp³-hybridized carbons (Fsp3) is 1.00. The second kappa shape index (κ2) is 3.25. The van der Waals surface area contributed by atoms with Crippen LogP contribution in [0, 0.1) is 35.0 Å². The second-order valence-corrected chi connectivity index (χ2v) is 6.32. The van der Waals surface area contributed by atoms with Gasteiger partial charge in [0.25, 0.3) is 0 Å². The highest BCUT2D eigenvalue weighted by molar-refractivity contribution is 5.07. The van der Waals surface area contributed by atoms with Gasteiger partial charge in [0.15, 0.2) is 0 Å². The summed E-state index contributed by atoms with van der Waals surface area (Å²) in [4.78, 5) is 0. The van der Waals surface area contributed by atoms with Gasteiger partial charge in [-0.3, -0.25) is 0 Å². The molecule has 0 aromatic heterocycles. The molecule has 0 heteroatoms. The van der Waals surface area contributed by atoms with Crippen molar-refractivity contribution in [2.75, 3.05) is 0 Å². The molecule has 0 aliphatic heterocycles. The number of hydrogen-bond acceptors (Lipinski definition) is 0. The Morgan fingerprint density at radius 1 is 1.29 bits per heavy atom. The van der Waals surface area contributed by atoms with E-state index in [1.807, 2.05) is 0 Å². The van der Waals surface area contributed by atoms with E-state index in [1.54, 1.807) is 0 Å². The molecule has 0 heterocycles. The SMILES string of the molecule is CC[C@H]1CC2CC([C@@H]1C)C2(C)C(C)C. The first-order valence-corrected chi connectivity index (χ1v) is 6.51. The Labute approximate surface area is 89.5 Å². The van der Waals surface area contributed by atoms with E-state index in [0.29, 0.717) is 5.41 Å². The lowest BCUT2D eigenvalue weighted by Gasteiger charge is -2.65. The number of fused-ring (bicyclic) bond motifs is 2. The van der Waals surface area contributed by atoms with Crippen molar-refractivity contribution in [3.05, 3.63) is 0 Å². The molecule has 3 aliphatic rings. The van der Waals surface area contributed by atoms with Crippen LogP contribution in [-0.4, -0.2) is 0 Å². The average molecular weight is 194 g/mol. The predicted octanol–water partition coefficient (Wildman–Crippen LogP) is 4.35. The zero-order valence-corrected chi connectivity index (χ0v) is 10.5. The van der Waals surface area contributed by atoms with Crippen molar-refractivity contribution in [1.82, 2.24) is 0 Å². The van der Waals surface area contributed by atoms with E-state index < -0.39 is 0 Å². The van der Waals surface area contributed by atoms with E-state index in [9.17, 15) is 0 Å². The summed E-state index contributed by atoms with van der Waals surface area (Å²) in [6.45, 7) is 12.3. The lowest BCUT2D eigenvalue weighted by Crippen LogP contribution is -2.58. The fourth-order valence-corrected chi connectivity index (χ4v) is 4.43. The van der Waals surface area contributed by atoms with Gasteiger partial charge in [0.1, 0.15) is 0 Å². The van der Waals surface area contributed by atoms with Gasteiger partial charge in [0.2, 0.25) is 0 Å². The third kappa shape index (κ3) is 1.12. The molecule has 0 aromatic rings. The standard InChI is InChI=1S/C14H26/c1-6-11-7-12-8-13(10(11)4)14(12,5)9(2)3/h9-13H,6-8H2,1-5H3/t10-,11+,12?,13?,14?/m1/s1. The highest BCUT2D eigenvalue weighted by Crippen LogP contribution is 2.66. The van der Waals surface area contributed by atoms with Gasteiger partial charge in [0, 0.05) is 0 Å². The summed E-state index contributed by atoms with van der Waals surface area (Å²) in [5.74, 6) is 4.98. The lowest BCUT2D eigenvalue weighted by molar-refractivity contribution is -0.166. The molecular formula is C14H26. The molecule has 0 N–H and O–H groups in total. The monoisotopic (exact) mass is 194 g/mol. The molecule has 3 saturated carbocycles.